The van der Waals surface area contributed by atoms with Crippen LogP contribution in [0.4, 0.5) is 4.79 Å². The number of imide groups is 2. The van der Waals surface area contributed by atoms with Crippen molar-refractivity contribution in [2.24, 2.45) is 23.7 Å². The van der Waals surface area contributed by atoms with Gasteiger partial charge in [0.2, 0.25) is 0 Å². The maximum absolute atomic E-state index is 13.3. The lowest BCUT2D eigenvalue weighted by Gasteiger charge is -2.58. The monoisotopic (exact) mass is 404 g/mol. The zero-order chi connectivity index (χ0) is 20.3. The molecule has 0 aromatic heterocycles. The van der Waals surface area contributed by atoms with Crippen LogP contribution in [0.25, 0.3) is 0 Å². The molecular formula is C21H30N3O5+. The number of likely N-dealkylation sites (tertiary alicyclic amines) is 1. The topological polar surface area (TPSA) is 88.4 Å². The van der Waals surface area contributed by atoms with Gasteiger partial charge >= 0.3 is 23.8 Å². The van der Waals surface area contributed by atoms with E-state index >= 15 is 0 Å². The molecule has 6 aliphatic rings. The number of quaternary nitrogens is 1. The molecule has 2 saturated heterocycles. The van der Waals surface area contributed by atoms with E-state index in [2.05, 4.69) is 0 Å². The number of ether oxygens (including phenoxy) is 1. The first-order valence-electron chi connectivity index (χ1n) is 11.0. The van der Waals surface area contributed by atoms with Gasteiger partial charge in [0.1, 0.15) is 0 Å². The van der Waals surface area contributed by atoms with Gasteiger partial charge in [-0.2, -0.15) is 0 Å². The molecule has 4 amide bonds. The number of carbonyl (C=O) groups excluding carboxylic acids is 4. The van der Waals surface area contributed by atoms with Crippen LogP contribution in [0.1, 0.15) is 51.4 Å². The lowest BCUT2D eigenvalue weighted by atomic mass is 9.52. The molecule has 6 fully saturated rings. The van der Waals surface area contributed by atoms with Crippen molar-refractivity contribution in [3.63, 3.8) is 0 Å². The van der Waals surface area contributed by atoms with E-state index in [4.69, 9.17) is 4.74 Å². The number of urea groups is 1. The minimum atomic E-state index is -0.673. The number of esters is 1. The summed E-state index contributed by atoms with van der Waals surface area (Å²) in [5.74, 6) is 0.172. The second-order valence-electron chi connectivity index (χ2n) is 10.0. The normalized spacial score (nSPS) is 41.4. The molecule has 6 rings (SSSR count). The lowest BCUT2D eigenvalue weighted by molar-refractivity contribution is -0.913. The number of nitrogens with one attached hydrogen (secondary N) is 1. The zero-order valence-corrected chi connectivity index (χ0v) is 17.0. The highest BCUT2D eigenvalue weighted by Gasteiger charge is 2.61. The molecular weight excluding hydrogens is 374 g/mol. The van der Waals surface area contributed by atoms with E-state index in [0.29, 0.717) is 43.7 Å². The van der Waals surface area contributed by atoms with Crippen molar-refractivity contribution in [2.45, 2.75) is 56.9 Å². The molecule has 158 valence electrons. The minimum absolute atomic E-state index is 0.112. The van der Waals surface area contributed by atoms with Gasteiger partial charge in [0.15, 0.2) is 6.67 Å². The van der Waals surface area contributed by atoms with Crippen LogP contribution in [0, 0.1) is 23.7 Å². The molecule has 8 heteroatoms. The Kier molecular flexibility index (Phi) is 4.46. The second-order valence-corrected chi connectivity index (χ2v) is 10.0. The predicted octanol–water partition coefficient (Wildman–Crippen LogP) is 0.171. The van der Waals surface area contributed by atoms with Gasteiger partial charge in [0.05, 0.1) is 31.7 Å². The number of hydrogen-bond donors (Lipinski definition) is 1. The summed E-state index contributed by atoms with van der Waals surface area (Å²) in [4.78, 5) is 54.2. The number of hydrogen-bond acceptors (Lipinski definition) is 5. The molecule has 29 heavy (non-hydrogen) atoms. The SMILES string of the molecule is COC(=O)C1CC[NH+](CN2C(=O)C(=O)N(C34CC5CC(CC(C5)C3)C4)C2=O)CC1. The summed E-state index contributed by atoms with van der Waals surface area (Å²) in [7, 11) is 1.40. The zero-order valence-electron chi connectivity index (χ0n) is 17.0. The number of rotatable bonds is 4. The Hall–Kier alpha value is -1.96. The molecule has 1 N–H and O–H groups in total. The Bertz CT molecular complexity index is 722. The molecule has 0 atom stereocenters. The third-order valence-corrected chi connectivity index (χ3v) is 8.14. The van der Waals surface area contributed by atoms with Crippen LogP contribution in [-0.2, 0) is 19.1 Å². The largest absolute Gasteiger partial charge is 0.469 e. The fourth-order valence-electron chi connectivity index (χ4n) is 7.21. The van der Waals surface area contributed by atoms with Gasteiger partial charge in [-0.1, -0.05) is 0 Å². The highest BCUT2D eigenvalue weighted by atomic mass is 16.5. The molecule has 4 bridgehead atoms. The van der Waals surface area contributed by atoms with Gasteiger partial charge < -0.3 is 9.64 Å². The standard InChI is InChI=1S/C21H29N3O5/c1-29-19(27)16-2-4-22(5-3-16)12-23-17(25)18(26)24(20(23)28)21-9-13-6-14(10-21)8-15(7-13)11-21/h13-16H,2-12H2,1H3/p+1. The molecule has 0 unspecified atom stereocenters. The van der Waals surface area contributed by atoms with Crippen molar-refractivity contribution in [1.82, 2.24) is 9.80 Å². The Morgan fingerprint density at radius 2 is 1.55 bits per heavy atom. The number of piperidine rings is 1. The highest BCUT2D eigenvalue weighted by molar-refractivity contribution is 6.44. The van der Waals surface area contributed by atoms with Gasteiger partial charge in [0.25, 0.3) is 0 Å². The number of methoxy groups -OCH3 is 1. The van der Waals surface area contributed by atoms with E-state index in [1.807, 2.05) is 0 Å². The van der Waals surface area contributed by atoms with Crippen LogP contribution in [-0.4, -0.2) is 66.0 Å². The third kappa shape index (κ3) is 2.98. The average Bonchev–Trinajstić information content (AvgIpc) is 2.90. The third-order valence-electron chi connectivity index (χ3n) is 8.14. The van der Waals surface area contributed by atoms with E-state index in [1.165, 1.54) is 31.3 Å². The second kappa shape index (κ2) is 6.79. The number of carbonyl (C=O) groups is 4. The van der Waals surface area contributed by atoms with E-state index in [9.17, 15) is 19.2 Å². The summed E-state index contributed by atoms with van der Waals surface area (Å²) < 4.78 is 4.82. The first kappa shape index (κ1) is 19.0. The fourth-order valence-corrected chi connectivity index (χ4v) is 7.21. The van der Waals surface area contributed by atoms with Crippen LogP contribution in [0.5, 0.6) is 0 Å². The molecule has 0 aromatic carbocycles. The van der Waals surface area contributed by atoms with Crippen LogP contribution in [0.15, 0.2) is 0 Å². The smallest absolute Gasteiger partial charge is 0.339 e. The molecule has 4 saturated carbocycles. The van der Waals surface area contributed by atoms with Crippen molar-refractivity contribution >= 4 is 23.8 Å². The molecule has 0 aromatic rings. The van der Waals surface area contributed by atoms with Crippen LogP contribution >= 0.6 is 0 Å². The number of nitrogens with zero attached hydrogens (tertiary/aromatic N) is 2. The van der Waals surface area contributed by atoms with E-state index < -0.39 is 23.4 Å². The van der Waals surface area contributed by atoms with E-state index in [0.717, 1.165) is 29.1 Å². The first-order valence-corrected chi connectivity index (χ1v) is 11.0. The maximum atomic E-state index is 13.3. The molecule has 0 spiro atoms. The maximum Gasteiger partial charge on any atom is 0.339 e. The van der Waals surface area contributed by atoms with Gasteiger partial charge in [0, 0.05) is 12.8 Å². The summed E-state index contributed by atoms with van der Waals surface area (Å²) in [5.41, 5.74) is -0.430. The number of amides is 4. The quantitative estimate of drug-likeness (QED) is 0.410. The Balaban J connectivity index is 1.29. The molecule has 4 aliphatic carbocycles. The van der Waals surface area contributed by atoms with Crippen LogP contribution in [0.2, 0.25) is 0 Å². The summed E-state index contributed by atoms with van der Waals surface area (Å²) in [5, 5.41) is 0. The van der Waals surface area contributed by atoms with Crippen molar-refractivity contribution in [3.8, 4) is 0 Å². The van der Waals surface area contributed by atoms with Crippen LogP contribution in [0.3, 0.4) is 0 Å². The summed E-state index contributed by atoms with van der Waals surface area (Å²) in [6.45, 7) is 1.57. The molecule has 0 radical (unpaired) electrons. The Labute approximate surface area is 170 Å². The molecule has 2 heterocycles. The highest BCUT2D eigenvalue weighted by Crippen LogP contribution is 2.58. The van der Waals surface area contributed by atoms with Crippen molar-refractivity contribution in [2.75, 3.05) is 26.9 Å². The summed E-state index contributed by atoms with van der Waals surface area (Å²) in [6, 6.07) is -0.412. The van der Waals surface area contributed by atoms with Gasteiger partial charge in [-0.05, 0) is 56.3 Å². The summed E-state index contributed by atoms with van der Waals surface area (Å²) in [6.07, 6.45) is 7.60. The lowest BCUT2D eigenvalue weighted by Crippen LogP contribution is -3.14. The van der Waals surface area contributed by atoms with Gasteiger partial charge in [-0.3, -0.25) is 14.4 Å². The fraction of sp³-hybridized carbons (Fsp3) is 0.810. The summed E-state index contributed by atoms with van der Waals surface area (Å²) >= 11 is 0. The van der Waals surface area contributed by atoms with Gasteiger partial charge in [-0.25, -0.2) is 14.6 Å². The minimum Gasteiger partial charge on any atom is -0.469 e. The first-order chi connectivity index (χ1) is 13.9. The van der Waals surface area contributed by atoms with E-state index in [-0.39, 0.29) is 18.6 Å². The predicted molar refractivity (Wildman–Crippen MR) is 100 cm³/mol. The molecule has 2 aliphatic heterocycles. The molecule has 8 nitrogen and oxygen atoms in total. The Morgan fingerprint density at radius 3 is 2.07 bits per heavy atom. The van der Waals surface area contributed by atoms with Crippen molar-refractivity contribution in [1.29, 1.82) is 0 Å². The van der Waals surface area contributed by atoms with E-state index in [1.54, 1.807) is 0 Å². The van der Waals surface area contributed by atoms with Crippen LogP contribution < -0.4 is 4.90 Å². The Morgan fingerprint density at radius 1 is 1.00 bits per heavy atom. The van der Waals surface area contributed by atoms with Gasteiger partial charge in [-0.15, -0.1) is 0 Å². The average molecular weight is 404 g/mol. The van der Waals surface area contributed by atoms with Crippen molar-refractivity contribution in [3.05, 3.63) is 0 Å². The van der Waals surface area contributed by atoms with Crippen molar-refractivity contribution < 1.29 is 28.8 Å².